The lowest BCUT2D eigenvalue weighted by Crippen LogP contribution is -2.38. The summed E-state index contributed by atoms with van der Waals surface area (Å²) in [5.74, 6) is 0.103. The topological polar surface area (TPSA) is 36.0 Å². The van der Waals surface area contributed by atoms with Crippen LogP contribution < -0.4 is 4.90 Å². The van der Waals surface area contributed by atoms with E-state index in [4.69, 9.17) is 16.3 Å². The average Bonchev–Trinajstić information content (AvgIpc) is 3.07. The molecule has 1 aliphatic heterocycles. The lowest BCUT2D eigenvalue weighted by Gasteiger charge is -2.31. The minimum atomic E-state index is 0.103. The molecule has 0 aliphatic carbocycles. The van der Waals surface area contributed by atoms with Crippen molar-refractivity contribution in [3.05, 3.63) is 51.2 Å². The second kappa shape index (κ2) is 9.55. The standard InChI is InChI=1S/C20H26ClN3O2S/c1-22(15-20(25)23(2)14-17-7-8-19(21)27-17)13-16-5-3-4-6-18(16)24-9-11-26-12-10-24/h3-8H,9-15H2,1-2H3. The summed E-state index contributed by atoms with van der Waals surface area (Å²) >= 11 is 7.49. The lowest BCUT2D eigenvalue weighted by atomic mass is 10.1. The van der Waals surface area contributed by atoms with Crippen LogP contribution in [0.3, 0.4) is 0 Å². The van der Waals surface area contributed by atoms with E-state index in [2.05, 4.69) is 34.1 Å². The van der Waals surface area contributed by atoms with E-state index in [0.717, 1.165) is 42.1 Å². The molecule has 5 nitrogen and oxygen atoms in total. The van der Waals surface area contributed by atoms with Gasteiger partial charge in [0.05, 0.1) is 30.6 Å². The maximum Gasteiger partial charge on any atom is 0.236 e. The van der Waals surface area contributed by atoms with Gasteiger partial charge in [0, 0.05) is 37.2 Å². The van der Waals surface area contributed by atoms with Crippen molar-refractivity contribution in [2.45, 2.75) is 13.1 Å². The Hall–Kier alpha value is -1.60. The zero-order valence-electron chi connectivity index (χ0n) is 15.9. The average molecular weight is 408 g/mol. The number of nitrogens with zero attached hydrogens (tertiary/aromatic N) is 3. The highest BCUT2D eigenvalue weighted by atomic mass is 35.5. The minimum absolute atomic E-state index is 0.103. The van der Waals surface area contributed by atoms with Gasteiger partial charge < -0.3 is 14.5 Å². The fourth-order valence-electron chi connectivity index (χ4n) is 3.21. The van der Waals surface area contributed by atoms with Crippen LogP contribution in [0.1, 0.15) is 10.4 Å². The van der Waals surface area contributed by atoms with Gasteiger partial charge in [0.15, 0.2) is 0 Å². The van der Waals surface area contributed by atoms with Crippen molar-refractivity contribution >= 4 is 34.5 Å². The number of carbonyl (C=O) groups excluding carboxylic acids is 1. The maximum atomic E-state index is 12.6. The second-order valence-electron chi connectivity index (χ2n) is 6.86. The number of likely N-dealkylation sites (N-methyl/N-ethyl adjacent to an activating group) is 2. The van der Waals surface area contributed by atoms with Crippen molar-refractivity contribution in [3.63, 3.8) is 0 Å². The Bertz CT molecular complexity index is 761. The number of carbonyl (C=O) groups is 1. The Morgan fingerprint density at radius 1 is 1.15 bits per heavy atom. The van der Waals surface area contributed by atoms with E-state index in [1.54, 1.807) is 4.90 Å². The fraction of sp³-hybridized carbons (Fsp3) is 0.450. The van der Waals surface area contributed by atoms with Crippen LogP contribution in [0.5, 0.6) is 0 Å². The number of hydrogen-bond acceptors (Lipinski definition) is 5. The first-order valence-electron chi connectivity index (χ1n) is 9.10. The zero-order valence-corrected chi connectivity index (χ0v) is 17.4. The van der Waals surface area contributed by atoms with E-state index in [1.165, 1.54) is 22.6 Å². The largest absolute Gasteiger partial charge is 0.378 e. The SMILES string of the molecule is CN(CC(=O)N(C)Cc1ccc(Cl)s1)Cc1ccccc1N1CCOCC1. The van der Waals surface area contributed by atoms with Gasteiger partial charge in [-0.1, -0.05) is 29.8 Å². The number of para-hydroxylation sites is 1. The van der Waals surface area contributed by atoms with E-state index < -0.39 is 0 Å². The third kappa shape index (κ3) is 5.69. The number of halogens is 1. The molecule has 2 aromatic rings. The summed E-state index contributed by atoms with van der Waals surface area (Å²) < 4.78 is 6.21. The van der Waals surface area contributed by atoms with Crippen molar-refractivity contribution in [2.75, 3.05) is 51.8 Å². The summed E-state index contributed by atoms with van der Waals surface area (Å²) in [6, 6.07) is 12.3. The number of ether oxygens (including phenoxy) is 1. The minimum Gasteiger partial charge on any atom is -0.378 e. The first-order chi connectivity index (χ1) is 13.0. The predicted molar refractivity (Wildman–Crippen MR) is 112 cm³/mol. The van der Waals surface area contributed by atoms with E-state index in [-0.39, 0.29) is 5.91 Å². The highest BCUT2D eigenvalue weighted by molar-refractivity contribution is 7.16. The molecule has 0 N–H and O–H groups in total. The lowest BCUT2D eigenvalue weighted by molar-refractivity contribution is -0.131. The first-order valence-corrected chi connectivity index (χ1v) is 10.3. The van der Waals surface area contributed by atoms with Gasteiger partial charge in [-0.3, -0.25) is 9.69 Å². The summed E-state index contributed by atoms with van der Waals surface area (Å²) in [7, 11) is 3.83. The molecule has 0 bridgehead atoms. The normalized spacial score (nSPS) is 14.6. The zero-order chi connectivity index (χ0) is 19.2. The molecule has 7 heteroatoms. The molecule has 0 saturated carbocycles. The van der Waals surface area contributed by atoms with Crippen LogP contribution in [0.4, 0.5) is 5.69 Å². The molecule has 146 valence electrons. The van der Waals surface area contributed by atoms with Crippen LogP contribution >= 0.6 is 22.9 Å². The Labute approximate surface area is 170 Å². The Kier molecular flexibility index (Phi) is 7.13. The summed E-state index contributed by atoms with van der Waals surface area (Å²) in [4.78, 5) is 19.9. The molecule has 1 aromatic heterocycles. The highest BCUT2D eigenvalue weighted by Crippen LogP contribution is 2.24. The van der Waals surface area contributed by atoms with Crippen LogP contribution in [0.2, 0.25) is 4.34 Å². The van der Waals surface area contributed by atoms with Gasteiger partial charge >= 0.3 is 0 Å². The van der Waals surface area contributed by atoms with Gasteiger partial charge in [-0.15, -0.1) is 11.3 Å². The van der Waals surface area contributed by atoms with E-state index in [0.29, 0.717) is 13.1 Å². The molecule has 27 heavy (non-hydrogen) atoms. The summed E-state index contributed by atoms with van der Waals surface area (Å²) in [5, 5.41) is 0. The van der Waals surface area contributed by atoms with Crippen molar-refractivity contribution < 1.29 is 9.53 Å². The Morgan fingerprint density at radius 3 is 2.59 bits per heavy atom. The molecule has 3 rings (SSSR count). The number of anilines is 1. The van der Waals surface area contributed by atoms with E-state index >= 15 is 0 Å². The maximum absolute atomic E-state index is 12.6. The summed E-state index contributed by atoms with van der Waals surface area (Å²) in [5.41, 5.74) is 2.48. The van der Waals surface area contributed by atoms with Crippen molar-refractivity contribution in [1.82, 2.24) is 9.80 Å². The van der Waals surface area contributed by atoms with Crippen LogP contribution in [-0.4, -0.2) is 62.7 Å². The van der Waals surface area contributed by atoms with Crippen LogP contribution in [-0.2, 0) is 22.6 Å². The number of thiophene rings is 1. The van der Waals surface area contributed by atoms with E-state index in [9.17, 15) is 4.79 Å². The van der Waals surface area contributed by atoms with Gasteiger partial charge in [-0.2, -0.15) is 0 Å². The second-order valence-corrected chi connectivity index (χ2v) is 8.66. The highest BCUT2D eigenvalue weighted by Gasteiger charge is 2.17. The third-order valence-electron chi connectivity index (χ3n) is 4.64. The van der Waals surface area contributed by atoms with Crippen molar-refractivity contribution in [3.8, 4) is 0 Å². The van der Waals surface area contributed by atoms with Gasteiger partial charge in [0.25, 0.3) is 0 Å². The molecular formula is C20H26ClN3O2S. The van der Waals surface area contributed by atoms with Gasteiger partial charge in [-0.05, 0) is 30.8 Å². The van der Waals surface area contributed by atoms with Crippen LogP contribution in [0, 0.1) is 0 Å². The number of morpholine rings is 1. The van der Waals surface area contributed by atoms with Crippen molar-refractivity contribution in [1.29, 1.82) is 0 Å². The van der Waals surface area contributed by atoms with Crippen LogP contribution in [0.25, 0.3) is 0 Å². The van der Waals surface area contributed by atoms with Crippen LogP contribution in [0.15, 0.2) is 36.4 Å². The number of hydrogen-bond donors (Lipinski definition) is 0. The van der Waals surface area contributed by atoms with Gasteiger partial charge in [0.1, 0.15) is 0 Å². The summed E-state index contributed by atoms with van der Waals surface area (Å²) in [6.07, 6.45) is 0. The third-order valence-corrected chi connectivity index (χ3v) is 5.85. The first kappa shape index (κ1) is 20.1. The van der Waals surface area contributed by atoms with Gasteiger partial charge in [0.2, 0.25) is 5.91 Å². The Morgan fingerprint density at radius 2 is 1.89 bits per heavy atom. The molecule has 1 amide bonds. The molecule has 2 heterocycles. The summed E-state index contributed by atoms with van der Waals surface area (Å²) in [6.45, 7) is 5.05. The predicted octanol–water partition coefficient (Wildman–Crippen LogP) is 3.33. The molecule has 0 atom stereocenters. The molecule has 0 unspecified atom stereocenters. The molecule has 1 saturated heterocycles. The molecule has 1 fully saturated rings. The molecule has 1 aromatic carbocycles. The van der Waals surface area contributed by atoms with Crippen molar-refractivity contribution in [2.24, 2.45) is 0 Å². The fourth-order valence-corrected chi connectivity index (χ4v) is 4.36. The van der Waals surface area contributed by atoms with E-state index in [1.807, 2.05) is 26.2 Å². The number of rotatable bonds is 7. The molecule has 0 radical (unpaired) electrons. The van der Waals surface area contributed by atoms with Gasteiger partial charge in [-0.25, -0.2) is 0 Å². The Balaban J connectivity index is 1.57. The number of benzene rings is 1. The molecule has 0 spiro atoms. The quantitative estimate of drug-likeness (QED) is 0.705. The molecular weight excluding hydrogens is 382 g/mol. The smallest absolute Gasteiger partial charge is 0.236 e. The molecule has 1 aliphatic rings. The monoisotopic (exact) mass is 407 g/mol. The number of amides is 1.